The highest BCUT2D eigenvalue weighted by atomic mass is 32.2. The minimum absolute atomic E-state index is 0.0151. The number of carbonyl (C=O) groups is 2. The molecule has 0 saturated heterocycles. The van der Waals surface area contributed by atoms with Crippen LogP contribution in [0.3, 0.4) is 0 Å². The van der Waals surface area contributed by atoms with E-state index in [1.54, 1.807) is 43.5 Å². The van der Waals surface area contributed by atoms with Gasteiger partial charge in [0.1, 0.15) is 5.75 Å². The SMILES string of the molecule is COc1cccc(C(=O)NC2CCC(C(=O)Nc3cccc(S(C)(=O)=O)c3)CC2)c1. The topological polar surface area (TPSA) is 102 Å². The van der Waals surface area contributed by atoms with Crippen molar-refractivity contribution in [2.75, 3.05) is 18.7 Å². The maximum atomic E-state index is 12.6. The van der Waals surface area contributed by atoms with Gasteiger partial charge in [-0.25, -0.2) is 8.42 Å². The summed E-state index contributed by atoms with van der Waals surface area (Å²) >= 11 is 0. The zero-order valence-corrected chi connectivity index (χ0v) is 17.9. The zero-order valence-electron chi connectivity index (χ0n) is 17.1. The summed E-state index contributed by atoms with van der Waals surface area (Å²) in [6, 6.07) is 13.2. The van der Waals surface area contributed by atoms with Crippen LogP contribution in [-0.4, -0.2) is 39.6 Å². The number of benzene rings is 2. The molecular weight excluding hydrogens is 404 g/mol. The van der Waals surface area contributed by atoms with Gasteiger partial charge in [-0.2, -0.15) is 0 Å². The minimum atomic E-state index is -3.33. The summed E-state index contributed by atoms with van der Waals surface area (Å²) in [6.45, 7) is 0. The molecule has 0 unspecified atom stereocenters. The van der Waals surface area contributed by atoms with Gasteiger partial charge >= 0.3 is 0 Å². The fourth-order valence-electron chi connectivity index (χ4n) is 3.58. The van der Waals surface area contributed by atoms with E-state index in [1.165, 1.54) is 12.1 Å². The van der Waals surface area contributed by atoms with E-state index in [2.05, 4.69) is 10.6 Å². The van der Waals surface area contributed by atoms with E-state index in [0.29, 0.717) is 42.7 Å². The Morgan fingerprint density at radius 3 is 2.37 bits per heavy atom. The number of sulfone groups is 1. The Bertz CT molecular complexity index is 1030. The van der Waals surface area contributed by atoms with Crippen molar-refractivity contribution in [2.45, 2.75) is 36.6 Å². The second-order valence-corrected chi connectivity index (χ2v) is 9.56. The van der Waals surface area contributed by atoms with Crippen molar-refractivity contribution in [1.29, 1.82) is 0 Å². The Balaban J connectivity index is 1.52. The highest BCUT2D eigenvalue weighted by Crippen LogP contribution is 2.26. The predicted octanol–water partition coefficient (Wildman–Crippen LogP) is 3.03. The molecule has 2 aromatic rings. The van der Waals surface area contributed by atoms with Gasteiger partial charge in [0.05, 0.1) is 12.0 Å². The van der Waals surface area contributed by atoms with E-state index in [4.69, 9.17) is 4.74 Å². The highest BCUT2D eigenvalue weighted by Gasteiger charge is 2.27. The third-order valence-electron chi connectivity index (χ3n) is 5.29. The Kier molecular flexibility index (Phi) is 6.77. The van der Waals surface area contributed by atoms with Crippen molar-refractivity contribution in [3.63, 3.8) is 0 Å². The number of carbonyl (C=O) groups excluding carboxylic acids is 2. The summed E-state index contributed by atoms with van der Waals surface area (Å²) in [5.74, 6) is 0.178. The molecule has 30 heavy (non-hydrogen) atoms. The van der Waals surface area contributed by atoms with Crippen LogP contribution in [0.25, 0.3) is 0 Å². The quantitative estimate of drug-likeness (QED) is 0.734. The van der Waals surface area contributed by atoms with Crippen molar-refractivity contribution < 1.29 is 22.7 Å². The van der Waals surface area contributed by atoms with Crippen molar-refractivity contribution in [2.24, 2.45) is 5.92 Å². The van der Waals surface area contributed by atoms with Gasteiger partial charge in [0, 0.05) is 29.5 Å². The van der Waals surface area contributed by atoms with E-state index in [1.807, 2.05) is 0 Å². The van der Waals surface area contributed by atoms with Crippen LogP contribution in [0, 0.1) is 5.92 Å². The number of nitrogens with one attached hydrogen (secondary N) is 2. The smallest absolute Gasteiger partial charge is 0.251 e. The van der Waals surface area contributed by atoms with Gasteiger partial charge in [-0.1, -0.05) is 12.1 Å². The standard InChI is InChI=1S/C22H26N2O5S/c1-29-19-7-3-5-16(13-19)22(26)23-17-11-9-15(10-12-17)21(25)24-18-6-4-8-20(14-18)30(2,27)28/h3-8,13-15,17H,9-12H2,1-2H3,(H,23,26)(H,24,25). The molecule has 0 atom stereocenters. The third-order valence-corrected chi connectivity index (χ3v) is 6.41. The third kappa shape index (κ3) is 5.60. The van der Waals surface area contributed by atoms with Crippen LogP contribution in [0.15, 0.2) is 53.4 Å². The zero-order chi connectivity index (χ0) is 21.7. The van der Waals surface area contributed by atoms with Crippen LogP contribution in [0.5, 0.6) is 5.75 Å². The molecule has 7 nitrogen and oxygen atoms in total. The van der Waals surface area contributed by atoms with Crippen molar-refractivity contribution in [3.8, 4) is 5.75 Å². The molecule has 0 aliphatic heterocycles. The van der Waals surface area contributed by atoms with Gasteiger partial charge in [0.2, 0.25) is 5.91 Å². The van der Waals surface area contributed by atoms with Crippen LogP contribution >= 0.6 is 0 Å². The summed E-state index contributed by atoms with van der Waals surface area (Å²) < 4.78 is 28.5. The lowest BCUT2D eigenvalue weighted by molar-refractivity contribution is -0.120. The number of ether oxygens (including phenoxy) is 1. The van der Waals surface area contributed by atoms with Gasteiger partial charge in [0.25, 0.3) is 5.91 Å². The Morgan fingerprint density at radius 2 is 1.70 bits per heavy atom. The molecule has 2 amide bonds. The molecule has 0 radical (unpaired) electrons. The van der Waals surface area contributed by atoms with Crippen molar-refractivity contribution >= 4 is 27.3 Å². The normalized spacial score (nSPS) is 19.0. The molecule has 0 heterocycles. The maximum Gasteiger partial charge on any atom is 0.251 e. The van der Waals surface area contributed by atoms with Crippen LogP contribution in [0.4, 0.5) is 5.69 Å². The van der Waals surface area contributed by atoms with Crippen LogP contribution in [0.1, 0.15) is 36.0 Å². The summed E-state index contributed by atoms with van der Waals surface area (Å²) in [5, 5.41) is 5.84. The molecule has 2 aromatic carbocycles. The van der Waals surface area contributed by atoms with Crippen LogP contribution in [-0.2, 0) is 14.6 Å². The lowest BCUT2D eigenvalue weighted by Gasteiger charge is -2.28. The van der Waals surface area contributed by atoms with E-state index < -0.39 is 9.84 Å². The fraction of sp³-hybridized carbons (Fsp3) is 0.364. The van der Waals surface area contributed by atoms with Crippen LogP contribution < -0.4 is 15.4 Å². The van der Waals surface area contributed by atoms with Gasteiger partial charge in [-0.15, -0.1) is 0 Å². The van der Waals surface area contributed by atoms with Gasteiger partial charge in [0.15, 0.2) is 9.84 Å². The monoisotopic (exact) mass is 430 g/mol. The van der Waals surface area contributed by atoms with E-state index in [9.17, 15) is 18.0 Å². The first kappa shape index (κ1) is 21.8. The van der Waals surface area contributed by atoms with E-state index in [0.717, 1.165) is 6.26 Å². The lowest BCUT2D eigenvalue weighted by Crippen LogP contribution is -2.39. The maximum absolute atomic E-state index is 12.6. The number of hydrogen-bond acceptors (Lipinski definition) is 5. The molecule has 2 N–H and O–H groups in total. The number of rotatable bonds is 6. The van der Waals surface area contributed by atoms with E-state index >= 15 is 0 Å². The molecule has 0 spiro atoms. The van der Waals surface area contributed by atoms with Gasteiger partial charge < -0.3 is 15.4 Å². The van der Waals surface area contributed by atoms with Crippen molar-refractivity contribution in [1.82, 2.24) is 5.32 Å². The lowest BCUT2D eigenvalue weighted by atomic mass is 9.85. The first-order valence-corrected chi connectivity index (χ1v) is 11.7. The second kappa shape index (κ2) is 9.30. The number of amides is 2. The van der Waals surface area contributed by atoms with Crippen LogP contribution in [0.2, 0.25) is 0 Å². The van der Waals surface area contributed by atoms with Crippen molar-refractivity contribution in [3.05, 3.63) is 54.1 Å². The molecule has 1 aliphatic carbocycles. The molecular formula is C22H26N2O5S. The Morgan fingerprint density at radius 1 is 1.00 bits per heavy atom. The van der Waals surface area contributed by atoms with E-state index in [-0.39, 0.29) is 28.7 Å². The molecule has 0 aromatic heterocycles. The summed E-state index contributed by atoms with van der Waals surface area (Å²) in [7, 11) is -1.78. The number of hydrogen-bond donors (Lipinski definition) is 2. The summed E-state index contributed by atoms with van der Waals surface area (Å²) in [6.07, 6.45) is 3.85. The molecule has 0 bridgehead atoms. The highest BCUT2D eigenvalue weighted by molar-refractivity contribution is 7.90. The van der Waals surface area contributed by atoms with Gasteiger partial charge in [-0.05, 0) is 62.1 Å². The fourth-order valence-corrected chi connectivity index (χ4v) is 4.25. The first-order chi connectivity index (χ1) is 14.3. The molecule has 160 valence electrons. The second-order valence-electron chi connectivity index (χ2n) is 7.54. The average Bonchev–Trinajstić information content (AvgIpc) is 2.74. The first-order valence-electron chi connectivity index (χ1n) is 9.82. The number of methoxy groups -OCH3 is 1. The molecule has 1 saturated carbocycles. The number of anilines is 1. The molecule has 3 rings (SSSR count). The molecule has 8 heteroatoms. The predicted molar refractivity (Wildman–Crippen MR) is 114 cm³/mol. The Labute approximate surface area is 176 Å². The molecule has 1 fully saturated rings. The minimum Gasteiger partial charge on any atom is -0.497 e. The Hall–Kier alpha value is -2.87. The molecule has 1 aliphatic rings. The van der Waals surface area contributed by atoms with Gasteiger partial charge in [-0.3, -0.25) is 9.59 Å². The summed E-state index contributed by atoms with van der Waals surface area (Å²) in [5.41, 5.74) is 1.01. The largest absolute Gasteiger partial charge is 0.497 e. The average molecular weight is 431 g/mol. The summed E-state index contributed by atoms with van der Waals surface area (Å²) in [4.78, 5) is 25.2.